The molecule has 8 nitrogen and oxygen atoms in total. The summed E-state index contributed by atoms with van der Waals surface area (Å²) in [6.07, 6.45) is 1.47. The van der Waals surface area contributed by atoms with E-state index in [-0.39, 0.29) is 17.2 Å². The van der Waals surface area contributed by atoms with Gasteiger partial charge in [0.05, 0.1) is 26.6 Å². The van der Waals surface area contributed by atoms with Crippen LogP contribution in [0, 0.1) is 10.1 Å². The summed E-state index contributed by atoms with van der Waals surface area (Å²) in [5, 5.41) is 20.5. The van der Waals surface area contributed by atoms with Crippen molar-refractivity contribution in [3.05, 3.63) is 74.7 Å². The molecule has 0 atom stereocenters. The number of nitro groups is 1. The Balaban J connectivity index is 1.91. The van der Waals surface area contributed by atoms with Gasteiger partial charge in [-0.05, 0) is 48.2 Å². The molecule has 27 heavy (non-hydrogen) atoms. The van der Waals surface area contributed by atoms with Gasteiger partial charge >= 0.3 is 5.97 Å². The molecule has 0 saturated carbocycles. The molecule has 0 aromatic heterocycles. The van der Waals surface area contributed by atoms with E-state index in [9.17, 15) is 19.7 Å². The first-order chi connectivity index (χ1) is 12.9. The molecule has 136 valence electrons. The van der Waals surface area contributed by atoms with Crippen LogP contribution in [0.5, 0.6) is 0 Å². The van der Waals surface area contributed by atoms with E-state index in [0.29, 0.717) is 21.3 Å². The summed E-state index contributed by atoms with van der Waals surface area (Å²) < 4.78 is 0. The van der Waals surface area contributed by atoms with Gasteiger partial charge in [-0.3, -0.25) is 19.8 Å². The molecule has 9 heteroatoms. The van der Waals surface area contributed by atoms with Gasteiger partial charge in [0.2, 0.25) is 0 Å². The summed E-state index contributed by atoms with van der Waals surface area (Å²) in [5.41, 5.74) is 0.878. The number of aliphatic imine (C=N–C) groups is 1. The van der Waals surface area contributed by atoms with Gasteiger partial charge in [-0.1, -0.05) is 12.1 Å². The van der Waals surface area contributed by atoms with Crippen molar-refractivity contribution in [1.82, 2.24) is 4.90 Å². The van der Waals surface area contributed by atoms with Crippen LogP contribution in [0.3, 0.4) is 0 Å². The Morgan fingerprint density at radius 3 is 2.52 bits per heavy atom. The molecule has 2 aromatic rings. The standard InChI is InChI=1S/C18H13N3O5S/c1-20-16(22)15(10-12-4-2-3-5-14(12)21(25)26)27-18(20)19-13-8-6-11(7-9-13)17(23)24/h2-10H,1H3,(H,23,24)/b15-10-,19-18?. The molecule has 1 N–H and O–H groups in total. The summed E-state index contributed by atoms with van der Waals surface area (Å²) >= 11 is 1.10. The molecule has 0 unspecified atom stereocenters. The molecule has 1 aliphatic heterocycles. The number of carboxylic acid groups (broad SMARTS) is 1. The molecule has 1 saturated heterocycles. The minimum absolute atomic E-state index is 0.0873. The van der Waals surface area contributed by atoms with Crippen LogP contribution < -0.4 is 0 Å². The van der Waals surface area contributed by atoms with Crippen LogP contribution in [0.2, 0.25) is 0 Å². The third-order valence-electron chi connectivity index (χ3n) is 3.76. The Kier molecular flexibility index (Phi) is 5.04. The number of carbonyl (C=O) groups excluding carboxylic acids is 1. The van der Waals surface area contributed by atoms with Crippen molar-refractivity contribution in [2.45, 2.75) is 0 Å². The molecular formula is C18H13N3O5S. The van der Waals surface area contributed by atoms with Gasteiger partial charge in [0, 0.05) is 13.1 Å². The first-order valence-corrected chi connectivity index (χ1v) is 8.51. The zero-order chi connectivity index (χ0) is 19.6. The van der Waals surface area contributed by atoms with Crippen molar-refractivity contribution in [1.29, 1.82) is 0 Å². The summed E-state index contributed by atoms with van der Waals surface area (Å²) in [6.45, 7) is 0. The van der Waals surface area contributed by atoms with E-state index < -0.39 is 10.9 Å². The molecule has 0 bridgehead atoms. The smallest absolute Gasteiger partial charge is 0.335 e. The molecule has 0 radical (unpaired) electrons. The van der Waals surface area contributed by atoms with Gasteiger partial charge < -0.3 is 5.11 Å². The van der Waals surface area contributed by atoms with E-state index in [0.717, 1.165) is 11.8 Å². The summed E-state index contributed by atoms with van der Waals surface area (Å²) in [7, 11) is 1.56. The number of benzene rings is 2. The molecule has 1 amide bonds. The van der Waals surface area contributed by atoms with E-state index in [1.54, 1.807) is 37.4 Å². The predicted molar refractivity (Wildman–Crippen MR) is 102 cm³/mol. The number of hydrogen-bond acceptors (Lipinski definition) is 6. The number of amides is 1. The van der Waals surface area contributed by atoms with Crippen LogP contribution >= 0.6 is 11.8 Å². The summed E-state index contributed by atoms with van der Waals surface area (Å²) in [6, 6.07) is 12.1. The number of likely N-dealkylation sites (N-methyl/N-ethyl adjacent to an activating group) is 1. The van der Waals surface area contributed by atoms with Crippen molar-refractivity contribution in [3.63, 3.8) is 0 Å². The van der Waals surface area contributed by atoms with Crippen LogP contribution in [-0.2, 0) is 4.79 Å². The molecule has 2 aromatic carbocycles. The Morgan fingerprint density at radius 2 is 1.89 bits per heavy atom. The number of nitro benzene ring substituents is 1. The third-order valence-corrected chi connectivity index (χ3v) is 4.82. The van der Waals surface area contributed by atoms with E-state index in [4.69, 9.17) is 5.11 Å². The van der Waals surface area contributed by atoms with Gasteiger partial charge in [0.1, 0.15) is 0 Å². The number of hydrogen-bond donors (Lipinski definition) is 1. The van der Waals surface area contributed by atoms with Gasteiger partial charge in [-0.25, -0.2) is 9.79 Å². The number of rotatable bonds is 4. The van der Waals surface area contributed by atoms with Gasteiger partial charge in [-0.2, -0.15) is 0 Å². The second-order valence-electron chi connectivity index (χ2n) is 5.54. The number of carboxylic acids is 1. The second kappa shape index (κ2) is 7.42. The second-order valence-corrected chi connectivity index (χ2v) is 6.55. The van der Waals surface area contributed by atoms with E-state index in [2.05, 4.69) is 4.99 Å². The maximum atomic E-state index is 12.4. The largest absolute Gasteiger partial charge is 0.478 e. The molecular weight excluding hydrogens is 370 g/mol. The first-order valence-electron chi connectivity index (χ1n) is 7.70. The summed E-state index contributed by atoms with van der Waals surface area (Å²) in [5.74, 6) is -1.36. The van der Waals surface area contributed by atoms with Gasteiger partial charge in [0.15, 0.2) is 5.17 Å². The highest BCUT2D eigenvalue weighted by Crippen LogP contribution is 2.34. The minimum atomic E-state index is -1.04. The van der Waals surface area contributed by atoms with E-state index >= 15 is 0 Å². The minimum Gasteiger partial charge on any atom is -0.478 e. The fourth-order valence-corrected chi connectivity index (χ4v) is 3.34. The number of thioether (sulfide) groups is 1. The maximum absolute atomic E-state index is 12.4. The number of para-hydroxylation sites is 1. The normalized spacial score (nSPS) is 16.9. The SMILES string of the molecule is CN1C(=O)/C(=C/c2ccccc2[N+](=O)[O-])SC1=Nc1ccc(C(=O)O)cc1. The van der Waals surface area contributed by atoms with Crippen LogP contribution in [0.4, 0.5) is 11.4 Å². The fraction of sp³-hybridized carbons (Fsp3) is 0.0556. The Labute approximate surface area is 158 Å². The van der Waals surface area contributed by atoms with Crippen LogP contribution in [0.15, 0.2) is 58.4 Å². The maximum Gasteiger partial charge on any atom is 0.335 e. The third kappa shape index (κ3) is 3.87. The topological polar surface area (TPSA) is 113 Å². The van der Waals surface area contributed by atoms with Crippen molar-refractivity contribution >= 4 is 46.3 Å². The number of aromatic carboxylic acids is 1. The highest BCUT2D eigenvalue weighted by molar-refractivity contribution is 8.18. The van der Waals surface area contributed by atoms with Gasteiger partial charge in [-0.15, -0.1) is 0 Å². The molecule has 1 fully saturated rings. The molecule has 1 aliphatic rings. The van der Waals surface area contributed by atoms with E-state index in [1.165, 1.54) is 29.2 Å². The monoisotopic (exact) mass is 383 g/mol. The van der Waals surface area contributed by atoms with Crippen molar-refractivity contribution < 1.29 is 19.6 Å². The molecule has 1 heterocycles. The van der Waals surface area contributed by atoms with E-state index in [1.807, 2.05) is 0 Å². The lowest BCUT2D eigenvalue weighted by Crippen LogP contribution is -2.23. The van der Waals surface area contributed by atoms with Gasteiger partial charge in [0.25, 0.3) is 11.6 Å². The zero-order valence-electron chi connectivity index (χ0n) is 14.0. The van der Waals surface area contributed by atoms with Crippen LogP contribution in [-0.4, -0.2) is 39.0 Å². The molecule has 0 spiro atoms. The Bertz CT molecular complexity index is 998. The average molecular weight is 383 g/mol. The molecule has 3 rings (SSSR count). The molecule has 0 aliphatic carbocycles. The number of carbonyl (C=O) groups is 2. The summed E-state index contributed by atoms with van der Waals surface area (Å²) in [4.78, 5) is 40.0. The van der Waals surface area contributed by atoms with Crippen molar-refractivity contribution in [2.24, 2.45) is 4.99 Å². The Morgan fingerprint density at radius 1 is 1.22 bits per heavy atom. The lowest BCUT2D eigenvalue weighted by atomic mass is 10.1. The average Bonchev–Trinajstić information content (AvgIpc) is 2.90. The van der Waals surface area contributed by atoms with Crippen molar-refractivity contribution in [2.75, 3.05) is 7.05 Å². The van der Waals surface area contributed by atoms with Crippen LogP contribution in [0.1, 0.15) is 15.9 Å². The zero-order valence-corrected chi connectivity index (χ0v) is 14.8. The fourth-order valence-electron chi connectivity index (χ4n) is 2.36. The lowest BCUT2D eigenvalue weighted by Gasteiger charge is -2.07. The quantitative estimate of drug-likeness (QED) is 0.491. The number of amidine groups is 1. The lowest BCUT2D eigenvalue weighted by molar-refractivity contribution is -0.385. The van der Waals surface area contributed by atoms with Crippen LogP contribution in [0.25, 0.3) is 6.08 Å². The predicted octanol–water partition coefficient (Wildman–Crippen LogP) is 3.53. The number of nitrogens with zero attached hydrogens (tertiary/aromatic N) is 3. The first kappa shape index (κ1) is 18.3. The Hall–Kier alpha value is -3.46. The highest BCUT2D eigenvalue weighted by Gasteiger charge is 2.31. The van der Waals surface area contributed by atoms with Crippen molar-refractivity contribution in [3.8, 4) is 0 Å². The highest BCUT2D eigenvalue weighted by atomic mass is 32.2.